The average molecular weight is 335 g/mol. The molecule has 0 radical (unpaired) electrons. The molecule has 0 aliphatic carbocycles. The van der Waals surface area contributed by atoms with E-state index in [1.807, 2.05) is 18.2 Å². The number of nitrogens with one attached hydrogen (secondary N) is 1. The molecule has 2 unspecified atom stereocenters. The van der Waals surface area contributed by atoms with Gasteiger partial charge in [0.1, 0.15) is 18.8 Å². The van der Waals surface area contributed by atoms with Crippen LogP contribution in [-0.4, -0.2) is 34.1 Å². The lowest BCUT2D eigenvalue weighted by Gasteiger charge is -2.18. The van der Waals surface area contributed by atoms with Gasteiger partial charge in [0, 0.05) is 6.54 Å². The van der Waals surface area contributed by atoms with Gasteiger partial charge in [-0.25, -0.2) is 9.18 Å². The first kappa shape index (κ1) is 17.7. The van der Waals surface area contributed by atoms with E-state index in [0.29, 0.717) is 0 Å². The van der Waals surface area contributed by atoms with Crippen LogP contribution in [-0.2, 0) is 11.3 Å². The van der Waals surface area contributed by atoms with E-state index >= 15 is 0 Å². The summed E-state index contributed by atoms with van der Waals surface area (Å²) >= 11 is 0. The highest BCUT2D eigenvalue weighted by Gasteiger charge is 2.20. The van der Waals surface area contributed by atoms with Gasteiger partial charge in [0.05, 0.1) is 0 Å². The molecule has 4 N–H and O–H groups in total. The zero-order chi connectivity index (χ0) is 17.5. The summed E-state index contributed by atoms with van der Waals surface area (Å²) in [6.45, 7) is -0.203. The molecule has 1 amide bonds. The number of hydrogen-bond donors (Lipinski definition) is 4. The Labute approximate surface area is 138 Å². The quantitative estimate of drug-likeness (QED) is 0.646. The first-order chi connectivity index (χ1) is 11.5. The fourth-order valence-corrected chi connectivity index (χ4v) is 2.00. The molecule has 24 heavy (non-hydrogen) atoms. The molecule has 0 spiro atoms. The fraction of sp³-hybridized carbons (Fsp3) is 0.235. The minimum Gasteiger partial charge on any atom is -0.505 e. The Kier molecular flexibility index (Phi) is 6.11. The Balaban J connectivity index is 1.80. The maximum Gasteiger partial charge on any atom is 0.407 e. The summed E-state index contributed by atoms with van der Waals surface area (Å²) in [6.07, 6.45) is -3.53. The monoisotopic (exact) mass is 335 g/mol. The van der Waals surface area contributed by atoms with Gasteiger partial charge in [0.15, 0.2) is 11.6 Å². The highest BCUT2D eigenvalue weighted by molar-refractivity contribution is 5.67. The summed E-state index contributed by atoms with van der Waals surface area (Å²) < 4.78 is 18.2. The standard InChI is InChI=1S/C17H18FNO5/c18-13-8-12(6-7-14(13)20)16(22)15(21)9-19-17(23)24-10-11-4-2-1-3-5-11/h1-8,15-16,20-22H,9-10H2,(H,19,23). The van der Waals surface area contributed by atoms with Crippen LogP contribution in [0.2, 0.25) is 0 Å². The van der Waals surface area contributed by atoms with E-state index in [2.05, 4.69) is 5.32 Å². The van der Waals surface area contributed by atoms with E-state index in [-0.39, 0.29) is 18.7 Å². The molecule has 128 valence electrons. The smallest absolute Gasteiger partial charge is 0.407 e. The number of alkyl carbamates (subject to hydrolysis) is 1. The number of phenols is 1. The molecule has 0 aromatic heterocycles. The van der Waals surface area contributed by atoms with Gasteiger partial charge in [-0.3, -0.25) is 0 Å². The molecule has 0 aliphatic rings. The van der Waals surface area contributed by atoms with Crippen molar-refractivity contribution in [2.24, 2.45) is 0 Å². The van der Waals surface area contributed by atoms with Gasteiger partial charge < -0.3 is 25.4 Å². The zero-order valence-electron chi connectivity index (χ0n) is 12.7. The lowest BCUT2D eigenvalue weighted by Crippen LogP contribution is -2.35. The normalized spacial score (nSPS) is 13.1. The molecule has 2 atom stereocenters. The molecule has 2 aromatic rings. The van der Waals surface area contributed by atoms with Crippen molar-refractivity contribution in [2.45, 2.75) is 18.8 Å². The minimum atomic E-state index is -1.42. The van der Waals surface area contributed by atoms with Crippen molar-refractivity contribution >= 4 is 6.09 Å². The topological polar surface area (TPSA) is 99.0 Å². The maximum absolute atomic E-state index is 13.2. The first-order valence-electron chi connectivity index (χ1n) is 7.26. The predicted molar refractivity (Wildman–Crippen MR) is 83.7 cm³/mol. The second-order valence-corrected chi connectivity index (χ2v) is 5.17. The van der Waals surface area contributed by atoms with Crippen LogP contribution in [0, 0.1) is 5.82 Å². The van der Waals surface area contributed by atoms with E-state index in [0.717, 1.165) is 17.7 Å². The summed E-state index contributed by atoms with van der Waals surface area (Å²) in [4.78, 5) is 11.6. The van der Waals surface area contributed by atoms with E-state index in [9.17, 15) is 19.4 Å². The third kappa shape index (κ3) is 4.94. The van der Waals surface area contributed by atoms with Gasteiger partial charge in [0.25, 0.3) is 0 Å². The van der Waals surface area contributed by atoms with Crippen molar-refractivity contribution in [1.29, 1.82) is 0 Å². The maximum atomic E-state index is 13.2. The highest BCUT2D eigenvalue weighted by Crippen LogP contribution is 2.22. The number of aromatic hydroxyl groups is 1. The van der Waals surface area contributed by atoms with Crippen LogP contribution in [0.4, 0.5) is 9.18 Å². The van der Waals surface area contributed by atoms with E-state index < -0.39 is 29.9 Å². The number of ether oxygens (including phenoxy) is 1. The van der Waals surface area contributed by atoms with Gasteiger partial charge in [-0.15, -0.1) is 0 Å². The summed E-state index contributed by atoms with van der Waals surface area (Å²) in [5.41, 5.74) is 0.894. The lowest BCUT2D eigenvalue weighted by molar-refractivity contribution is 0.0182. The third-order valence-electron chi connectivity index (χ3n) is 3.35. The van der Waals surface area contributed by atoms with Crippen molar-refractivity contribution in [2.75, 3.05) is 6.54 Å². The highest BCUT2D eigenvalue weighted by atomic mass is 19.1. The van der Waals surface area contributed by atoms with Crippen molar-refractivity contribution in [1.82, 2.24) is 5.32 Å². The number of benzene rings is 2. The van der Waals surface area contributed by atoms with E-state index in [4.69, 9.17) is 9.84 Å². The Bertz CT molecular complexity index is 680. The van der Waals surface area contributed by atoms with Crippen molar-refractivity contribution in [3.05, 3.63) is 65.5 Å². The summed E-state index contributed by atoms with van der Waals surface area (Å²) in [7, 11) is 0. The van der Waals surface area contributed by atoms with Gasteiger partial charge in [-0.05, 0) is 23.3 Å². The molecule has 0 heterocycles. The molecule has 0 saturated carbocycles. The Morgan fingerprint density at radius 2 is 1.88 bits per heavy atom. The summed E-state index contributed by atoms with van der Waals surface area (Å²) in [6, 6.07) is 12.3. The molecule has 0 fully saturated rings. The van der Waals surface area contributed by atoms with Crippen LogP contribution in [0.3, 0.4) is 0 Å². The molecule has 0 aliphatic heterocycles. The molecule has 2 rings (SSSR count). The largest absolute Gasteiger partial charge is 0.505 e. The molecule has 0 saturated heterocycles. The second kappa shape index (κ2) is 8.28. The SMILES string of the molecule is O=C(NCC(O)C(O)c1ccc(O)c(F)c1)OCc1ccccc1. The number of halogens is 1. The molecule has 0 bridgehead atoms. The van der Waals surface area contributed by atoms with Gasteiger partial charge in [-0.1, -0.05) is 36.4 Å². The second-order valence-electron chi connectivity index (χ2n) is 5.17. The van der Waals surface area contributed by atoms with Gasteiger partial charge in [-0.2, -0.15) is 0 Å². The van der Waals surface area contributed by atoms with Gasteiger partial charge >= 0.3 is 6.09 Å². The molecule has 7 heteroatoms. The zero-order valence-corrected chi connectivity index (χ0v) is 12.7. The summed E-state index contributed by atoms with van der Waals surface area (Å²) in [5, 5.41) is 31.2. The minimum absolute atomic E-state index is 0.0779. The van der Waals surface area contributed by atoms with Crippen molar-refractivity contribution in [3.8, 4) is 5.75 Å². The van der Waals surface area contributed by atoms with Gasteiger partial charge in [0.2, 0.25) is 0 Å². The van der Waals surface area contributed by atoms with Crippen molar-refractivity contribution in [3.63, 3.8) is 0 Å². The lowest BCUT2D eigenvalue weighted by atomic mass is 10.0. The van der Waals surface area contributed by atoms with Crippen molar-refractivity contribution < 1.29 is 29.2 Å². The first-order valence-corrected chi connectivity index (χ1v) is 7.26. The van der Waals surface area contributed by atoms with Crippen LogP contribution >= 0.6 is 0 Å². The third-order valence-corrected chi connectivity index (χ3v) is 3.35. The summed E-state index contributed by atoms with van der Waals surface area (Å²) in [5.74, 6) is -1.46. The Morgan fingerprint density at radius 1 is 1.17 bits per heavy atom. The number of rotatable bonds is 6. The number of carbonyl (C=O) groups is 1. The Morgan fingerprint density at radius 3 is 2.54 bits per heavy atom. The number of hydrogen-bond acceptors (Lipinski definition) is 5. The number of amides is 1. The number of phenolic OH excluding ortho intramolecular Hbond substituents is 1. The van der Waals surface area contributed by atoms with Crippen LogP contribution in [0.15, 0.2) is 48.5 Å². The van der Waals surface area contributed by atoms with Crippen LogP contribution in [0.25, 0.3) is 0 Å². The fourth-order valence-electron chi connectivity index (χ4n) is 2.00. The Hall–Kier alpha value is -2.64. The van der Waals surface area contributed by atoms with Crippen LogP contribution in [0.5, 0.6) is 5.75 Å². The molecule has 2 aromatic carbocycles. The molecular weight excluding hydrogens is 317 g/mol. The van der Waals surface area contributed by atoms with Crippen LogP contribution in [0.1, 0.15) is 17.2 Å². The van der Waals surface area contributed by atoms with E-state index in [1.165, 1.54) is 6.07 Å². The molecular formula is C17H18FNO5. The predicted octanol–water partition coefficient (Wildman–Crippen LogP) is 1.85. The number of aliphatic hydroxyl groups is 2. The van der Waals surface area contributed by atoms with Crippen LogP contribution < -0.4 is 5.32 Å². The van der Waals surface area contributed by atoms with E-state index in [1.54, 1.807) is 12.1 Å². The average Bonchev–Trinajstić information content (AvgIpc) is 2.60. The molecule has 6 nitrogen and oxygen atoms in total. The number of carbonyl (C=O) groups excluding carboxylic acids is 1. The number of aliphatic hydroxyl groups excluding tert-OH is 2.